The number of hydrogen-bond donors (Lipinski definition) is 1. The van der Waals surface area contributed by atoms with Crippen LogP contribution in [0, 0.1) is 6.92 Å². The Kier molecular flexibility index (Phi) is 6.19. The molecule has 32 heavy (non-hydrogen) atoms. The molecule has 0 fully saturated rings. The van der Waals surface area contributed by atoms with Gasteiger partial charge in [0.15, 0.2) is 0 Å². The predicted molar refractivity (Wildman–Crippen MR) is 126 cm³/mol. The van der Waals surface area contributed by atoms with Crippen molar-refractivity contribution in [1.82, 2.24) is 0 Å². The van der Waals surface area contributed by atoms with Gasteiger partial charge in [0.1, 0.15) is 10.6 Å². The number of nitrogens with zero attached hydrogens (tertiary/aromatic N) is 1. The molecular formula is C25H26N2O4S. The van der Waals surface area contributed by atoms with Crippen LogP contribution < -0.4 is 14.4 Å². The van der Waals surface area contributed by atoms with Crippen molar-refractivity contribution in [3.8, 4) is 5.75 Å². The maximum absolute atomic E-state index is 13.2. The lowest BCUT2D eigenvalue weighted by molar-refractivity contribution is 0.0985. The SMILES string of the molecule is CCOc1ccc(C)cc1S(=O)(=O)Nc1ccc2c(c1)N(C(=O)c1ccccc1)CCC2. The number of rotatable bonds is 6. The molecule has 0 saturated heterocycles. The van der Waals surface area contributed by atoms with Gasteiger partial charge in [-0.1, -0.05) is 30.3 Å². The Balaban J connectivity index is 1.67. The monoisotopic (exact) mass is 450 g/mol. The number of carbonyl (C=O) groups excluding carboxylic acids is 1. The summed E-state index contributed by atoms with van der Waals surface area (Å²) in [5.74, 6) is 0.216. The molecule has 0 saturated carbocycles. The van der Waals surface area contributed by atoms with E-state index in [-0.39, 0.29) is 10.8 Å². The summed E-state index contributed by atoms with van der Waals surface area (Å²) in [6.07, 6.45) is 1.70. The quantitative estimate of drug-likeness (QED) is 0.586. The molecule has 0 unspecified atom stereocenters. The number of anilines is 2. The number of ether oxygens (including phenoxy) is 1. The van der Waals surface area contributed by atoms with Crippen LogP contribution in [0.15, 0.2) is 71.6 Å². The molecule has 0 aliphatic carbocycles. The van der Waals surface area contributed by atoms with E-state index in [1.807, 2.05) is 44.2 Å². The minimum Gasteiger partial charge on any atom is -0.492 e. The van der Waals surface area contributed by atoms with Gasteiger partial charge >= 0.3 is 0 Å². The minimum absolute atomic E-state index is 0.0919. The number of nitrogens with one attached hydrogen (secondary N) is 1. The lowest BCUT2D eigenvalue weighted by atomic mass is 10.00. The van der Waals surface area contributed by atoms with E-state index in [1.54, 1.807) is 41.3 Å². The van der Waals surface area contributed by atoms with E-state index in [2.05, 4.69) is 4.72 Å². The Morgan fingerprint density at radius 2 is 1.84 bits per heavy atom. The molecule has 3 aromatic carbocycles. The molecule has 1 amide bonds. The van der Waals surface area contributed by atoms with Crippen molar-refractivity contribution in [3.05, 3.63) is 83.4 Å². The highest BCUT2D eigenvalue weighted by Crippen LogP contribution is 2.33. The van der Waals surface area contributed by atoms with Gasteiger partial charge < -0.3 is 9.64 Å². The van der Waals surface area contributed by atoms with Crippen LogP contribution in [0.5, 0.6) is 5.75 Å². The van der Waals surface area contributed by atoms with Crippen molar-refractivity contribution < 1.29 is 17.9 Å². The summed E-state index contributed by atoms with van der Waals surface area (Å²) in [6, 6.07) is 19.6. The van der Waals surface area contributed by atoms with Crippen molar-refractivity contribution in [2.24, 2.45) is 0 Å². The predicted octanol–water partition coefficient (Wildman–Crippen LogP) is 4.79. The first-order chi connectivity index (χ1) is 15.4. The van der Waals surface area contributed by atoms with E-state index in [1.165, 1.54) is 0 Å². The van der Waals surface area contributed by atoms with Gasteiger partial charge in [-0.25, -0.2) is 8.42 Å². The Hall–Kier alpha value is -3.32. The smallest absolute Gasteiger partial charge is 0.265 e. The number of fused-ring (bicyclic) bond motifs is 1. The lowest BCUT2D eigenvalue weighted by Gasteiger charge is -2.30. The zero-order valence-corrected chi connectivity index (χ0v) is 19.0. The van der Waals surface area contributed by atoms with Gasteiger partial charge in [-0.3, -0.25) is 9.52 Å². The van der Waals surface area contributed by atoms with Crippen molar-refractivity contribution >= 4 is 27.3 Å². The van der Waals surface area contributed by atoms with Gasteiger partial charge in [0.05, 0.1) is 12.3 Å². The highest BCUT2D eigenvalue weighted by molar-refractivity contribution is 7.92. The number of carbonyl (C=O) groups is 1. The van der Waals surface area contributed by atoms with Crippen LogP contribution in [0.2, 0.25) is 0 Å². The van der Waals surface area contributed by atoms with Crippen LogP contribution >= 0.6 is 0 Å². The highest BCUT2D eigenvalue weighted by atomic mass is 32.2. The van der Waals surface area contributed by atoms with Gasteiger partial charge in [-0.2, -0.15) is 0 Å². The average molecular weight is 451 g/mol. The van der Waals surface area contributed by atoms with Crippen LogP contribution in [-0.4, -0.2) is 27.5 Å². The lowest BCUT2D eigenvalue weighted by Crippen LogP contribution is -2.35. The van der Waals surface area contributed by atoms with E-state index < -0.39 is 10.0 Å². The highest BCUT2D eigenvalue weighted by Gasteiger charge is 2.25. The zero-order chi connectivity index (χ0) is 22.7. The molecule has 0 spiro atoms. The standard InChI is InChI=1S/C25H26N2O4S/c1-3-31-23-14-11-18(2)16-24(23)32(29,30)26-21-13-12-19-10-7-15-27(22(19)17-21)25(28)20-8-5-4-6-9-20/h4-6,8-9,11-14,16-17,26H,3,7,10,15H2,1-2H3. The van der Waals surface area contributed by atoms with Crippen molar-refractivity contribution in [3.63, 3.8) is 0 Å². The Bertz CT molecular complexity index is 1240. The van der Waals surface area contributed by atoms with E-state index in [9.17, 15) is 13.2 Å². The van der Waals surface area contributed by atoms with Gasteiger partial charge in [-0.15, -0.1) is 0 Å². The zero-order valence-electron chi connectivity index (χ0n) is 18.2. The van der Waals surface area contributed by atoms with Crippen molar-refractivity contribution in [2.75, 3.05) is 22.8 Å². The second kappa shape index (κ2) is 9.04. The van der Waals surface area contributed by atoms with Crippen LogP contribution in [-0.2, 0) is 16.4 Å². The maximum atomic E-state index is 13.2. The summed E-state index contributed by atoms with van der Waals surface area (Å²) in [4.78, 5) is 14.9. The summed E-state index contributed by atoms with van der Waals surface area (Å²) in [7, 11) is -3.88. The van der Waals surface area contributed by atoms with Crippen LogP contribution in [0.25, 0.3) is 0 Å². The maximum Gasteiger partial charge on any atom is 0.265 e. The molecule has 1 aliphatic heterocycles. The normalized spacial score (nSPS) is 13.4. The molecule has 0 atom stereocenters. The first kappa shape index (κ1) is 21.9. The van der Waals surface area contributed by atoms with Gasteiger partial charge in [0, 0.05) is 17.8 Å². The van der Waals surface area contributed by atoms with Gasteiger partial charge in [0.25, 0.3) is 15.9 Å². The first-order valence-electron chi connectivity index (χ1n) is 10.6. The fourth-order valence-electron chi connectivity index (χ4n) is 3.90. The van der Waals surface area contributed by atoms with Crippen LogP contribution in [0.3, 0.4) is 0 Å². The second-order valence-corrected chi connectivity index (χ2v) is 9.41. The molecule has 0 bridgehead atoms. The topological polar surface area (TPSA) is 75.7 Å². The largest absolute Gasteiger partial charge is 0.492 e. The molecule has 3 aromatic rings. The van der Waals surface area contributed by atoms with E-state index >= 15 is 0 Å². The van der Waals surface area contributed by atoms with E-state index in [4.69, 9.17) is 4.74 Å². The summed E-state index contributed by atoms with van der Waals surface area (Å²) >= 11 is 0. The Labute approximate surface area is 188 Å². The Morgan fingerprint density at radius 1 is 1.06 bits per heavy atom. The summed E-state index contributed by atoms with van der Waals surface area (Å²) < 4.78 is 34.6. The molecule has 0 aromatic heterocycles. The van der Waals surface area contributed by atoms with Crippen LogP contribution in [0.1, 0.15) is 34.8 Å². The molecular weight excluding hydrogens is 424 g/mol. The molecule has 4 rings (SSSR count). The number of hydrogen-bond acceptors (Lipinski definition) is 4. The molecule has 166 valence electrons. The summed E-state index contributed by atoms with van der Waals surface area (Å²) in [5.41, 5.74) is 3.58. The van der Waals surface area contributed by atoms with Gasteiger partial charge in [-0.05, 0) is 74.2 Å². The number of sulfonamides is 1. The molecule has 7 heteroatoms. The number of benzene rings is 3. The molecule has 0 radical (unpaired) electrons. The van der Waals surface area contributed by atoms with Crippen molar-refractivity contribution in [1.29, 1.82) is 0 Å². The average Bonchev–Trinajstić information content (AvgIpc) is 2.80. The number of aryl methyl sites for hydroxylation is 2. The van der Waals surface area contributed by atoms with E-state index in [0.29, 0.717) is 30.2 Å². The molecule has 6 nitrogen and oxygen atoms in total. The molecule has 1 aliphatic rings. The third-order valence-electron chi connectivity index (χ3n) is 5.41. The van der Waals surface area contributed by atoms with E-state index in [0.717, 1.165) is 29.7 Å². The summed E-state index contributed by atoms with van der Waals surface area (Å²) in [5, 5.41) is 0. The third-order valence-corrected chi connectivity index (χ3v) is 6.81. The third kappa shape index (κ3) is 4.48. The number of amides is 1. The fraction of sp³-hybridized carbons (Fsp3) is 0.240. The van der Waals surface area contributed by atoms with Crippen molar-refractivity contribution in [2.45, 2.75) is 31.6 Å². The Morgan fingerprint density at radius 3 is 2.59 bits per heavy atom. The minimum atomic E-state index is -3.88. The van der Waals surface area contributed by atoms with Crippen LogP contribution in [0.4, 0.5) is 11.4 Å². The summed E-state index contributed by atoms with van der Waals surface area (Å²) in [6.45, 7) is 4.59. The first-order valence-corrected chi connectivity index (χ1v) is 12.1. The fourth-order valence-corrected chi connectivity index (χ4v) is 5.18. The van der Waals surface area contributed by atoms with Gasteiger partial charge in [0.2, 0.25) is 0 Å². The molecule has 1 N–H and O–H groups in total. The second-order valence-electron chi connectivity index (χ2n) is 7.76. The molecule has 1 heterocycles.